The molecule has 8 heteroatoms. The van der Waals surface area contributed by atoms with Crippen molar-refractivity contribution in [3.63, 3.8) is 0 Å². The first-order chi connectivity index (χ1) is 13.7. The van der Waals surface area contributed by atoms with E-state index in [4.69, 9.17) is 4.74 Å². The van der Waals surface area contributed by atoms with Crippen LogP contribution in [0.1, 0.15) is 27.2 Å². The smallest absolute Gasteiger partial charge is 0.410 e. The van der Waals surface area contributed by atoms with Crippen LogP contribution in [0.15, 0.2) is 30.3 Å². The van der Waals surface area contributed by atoms with E-state index in [2.05, 4.69) is 10.3 Å². The molecular weight excluding hydrogens is 393 g/mol. The zero-order valence-corrected chi connectivity index (χ0v) is 17.3. The topological polar surface area (TPSA) is 71.5 Å². The lowest BCUT2D eigenvalue weighted by Gasteiger charge is -2.24. The number of rotatable bonds is 2. The van der Waals surface area contributed by atoms with Crippen molar-refractivity contribution in [2.45, 2.75) is 32.8 Å². The number of hydrogen-bond acceptors (Lipinski definition) is 5. The molecule has 3 aromatic rings. The quantitative estimate of drug-likeness (QED) is 0.654. The van der Waals surface area contributed by atoms with Crippen LogP contribution in [0.4, 0.5) is 14.3 Å². The van der Waals surface area contributed by atoms with Crippen molar-refractivity contribution in [1.29, 1.82) is 0 Å². The summed E-state index contributed by atoms with van der Waals surface area (Å²) in [6, 6.07) is 8.28. The third-order valence-electron chi connectivity index (χ3n) is 4.77. The Morgan fingerprint density at radius 2 is 2.07 bits per heavy atom. The maximum Gasteiger partial charge on any atom is 0.410 e. The van der Waals surface area contributed by atoms with Crippen molar-refractivity contribution in [1.82, 2.24) is 9.88 Å². The highest BCUT2D eigenvalue weighted by Crippen LogP contribution is 2.33. The Bertz CT molecular complexity index is 1110. The van der Waals surface area contributed by atoms with Crippen LogP contribution >= 0.6 is 11.3 Å². The predicted octanol–water partition coefficient (Wildman–Crippen LogP) is 4.78. The summed E-state index contributed by atoms with van der Waals surface area (Å²) in [6.07, 6.45) is 0.185. The molecule has 2 heterocycles. The van der Waals surface area contributed by atoms with Crippen LogP contribution in [0.3, 0.4) is 0 Å². The molecule has 1 atom stereocenters. The monoisotopic (exact) mass is 415 g/mol. The Balaban J connectivity index is 1.47. The van der Waals surface area contributed by atoms with E-state index < -0.39 is 11.7 Å². The van der Waals surface area contributed by atoms with Gasteiger partial charge in [0.15, 0.2) is 5.13 Å². The van der Waals surface area contributed by atoms with Gasteiger partial charge in [0.2, 0.25) is 5.91 Å². The summed E-state index contributed by atoms with van der Waals surface area (Å²) in [4.78, 5) is 30.9. The molecular formula is C21H22FN3O3S. The van der Waals surface area contributed by atoms with Crippen LogP contribution in [-0.4, -0.2) is 40.6 Å². The molecule has 2 amide bonds. The number of aromatic nitrogens is 1. The highest BCUT2D eigenvalue weighted by Gasteiger charge is 2.33. The van der Waals surface area contributed by atoms with Gasteiger partial charge in [-0.05, 0) is 56.8 Å². The minimum atomic E-state index is -0.565. The van der Waals surface area contributed by atoms with Gasteiger partial charge in [-0.2, -0.15) is 0 Å². The zero-order valence-electron chi connectivity index (χ0n) is 16.5. The summed E-state index contributed by atoms with van der Waals surface area (Å²) in [5.74, 6) is -0.753. The second kappa shape index (κ2) is 7.26. The van der Waals surface area contributed by atoms with Crippen molar-refractivity contribution in [3.8, 4) is 0 Å². The zero-order chi connectivity index (χ0) is 20.8. The minimum Gasteiger partial charge on any atom is -0.444 e. The number of ether oxygens (including phenoxy) is 1. The molecule has 0 unspecified atom stereocenters. The molecule has 6 nitrogen and oxygen atoms in total. The number of likely N-dealkylation sites (tertiary alicyclic amines) is 1. The number of benzene rings is 2. The molecule has 4 rings (SSSR count). The molecule has 0 radical (unpaired) electrons. The summed E-state index contributed by atoms with van der Waals surface area (Å²) in [6.45, 7) is 6.26. The van der Waals surface area contributed by atoms with Crippen molar-refractivity contribution >= 4 is 49.5 Å². The number of carbonyl (C=O) groups is 2. The number of carbonyl (C=O) groups excluding carboxylic acids is 2. The SMILES string of the molecule is CC(C)(C)OC(=O)N1CC[C@H](C(=O)Nc2nc3ccc4cc(F)ccc4c3s2)C1. The van der Waals surface area contributed by atoms with Gasteiger partial charge in [-0.3, -0.25) is 4.79 Å². The maximum absolute atomic E-state index is 13.5. The third-order valence-corrected chi connectivity index (χ3v) is 5.79. The van der Waals surface area contributed by atoms with E-state index in [-0.39, 0.29) is 17.6 Å². The van der Waals surface area contributed by atoms with Crippen LogP contribution in [0.25, 0.3) is 21.0 Å². The Morgan fingerprint density at radius 1 is 1.28 bits per heavy atom. The lowest BCUT2D eigenvalue weighted by Crippen LogP contribution is -2.36. The molecule has 1 aromatic heterocycles. The fourth-order valence-corrected chi connectivity index (χ4v) is 4.42. The Hall–Kier alpha value is -2.74. The van der Waals surface area contributed by atoms with E-state index in [1.807, 2.05) is 32.9 Å². The van der Waals surface area contributed by atoms with Crippen molar-refractivity contribution in [3.05, 3.63) is 36.1 Å². The average Bonchev–Trinajstić information content (AvgIpc) is 3.26. The summed E-state index contributed by atoms with van der Waals surface area (Å²) >= 11 is 1.36. The van der Waals surface area contributed by atoms with Crippen LogP contribution in [0, 0.1) is 11.7 Å². The average molecular weight is 415 g/mol. The lowest BCUT2D eigenvalue weighted by molar-refractivity contribution is -0.119. The molecule has 0 bridgehead atoms. The predicted molar refractivity (Wildman–Crippen MR) is 112 cm³/mol. The van der Waals surface area contributed by atoms with Crippen LogP contribution in [0.5, 0.6) is 0 Å². The number of amides is 2. The molecule has 1 saturated heterocycles. The lowest BCUT2D eigenvalue weighted by atomic mass is 10.1. The molecule has 152 valence electrons. The normalized spacial score (nSPS) is 17.1. The molecule has 1 fully saturated rings. The third kappa shape index (κ3) is 4.17. The Kier molecular flexibility index (Phi) is 4.90. The van der Waals surface area contributed by atoms with Crippen LogP contribution in [0.2, 0.25) is 0 Å². The van der Waals surface area contributed by atoms with Gasteiger partial charge in [-0.25, -0.2) is 14.2 Å². The first kappa shape index (κ1) is 19.6. The van der Waals surface area contributed by atoms with Crippen LogP contribution in [-0.2, 0) is 9.53 Å². The number of anilines is 1. The molecule has 0 spiro atoms. The summed E-state index contributed by atoms with van der Waals surface area (Å²) < 4.78 is 19.7. The highest BCUT2D eigenvalue weighted by molar-refractivity contribution is 7.23. The first-order valence-electron chi connectivity index (χ1n) is 9.47. The number of halogens is 1. The van der Waals surface area contributed by atoms with Gasteiger partial charge in [0.05, 0.1) is 16.1 Å². The molecule has 29 heavy (non-hydrogen) atoms. The number of thiazole rings is 1. The van der Waals surface area contributed by atoms with E-state index >= 15 is 0 Å². The van der Waals surface area contributed by atoms with Gasteiger partial charge in [-0.15, -0.1) is 0 Å². The number of fused-ring (bicyclic) bond motifs is 3. The Morgan fingerprint density at radius 3 is 2.83 bits per heavy atom. The molecule has 1 N–H and O–H groups in total. The largest absolute Gasteiger partial charge is 0.444 e. The molecule has 1 aliphatic heterocycles. The number of nitrogens with one attached hydrogen (secondary N) is 1. The fourth-order valence-electron chi connectivity index (χ4n) is 3.41. The second-order valence-electron chi connectivity index (χ2n) is 8.20. The van der Waals surface area contributed by atoms with Crippen molar-refractivity contribution in [2.24, 2.45) is 5.92 Å². The molecule has 0 aliphatic carbocycles. The Labute approximate surface area is 171 Å². The highest BCUT2D eigenvalue weighted by atomic mass is 32.1. The second-order valence-corrected chi connectivity index (χ2v) is 9.20. The van der Waals surface area contributed by atoms with Crippen molar-refractivity contribution in [2.75, 3.05) is 18.4 Å². The van der Waals surface area contributed by atoms with Crippen molar-refractivity contribution < 1.29 is 18.7 Å². The fraction of sp³-hybridized carbons (Fsp3) is 0.381. The maximum atomic E-state index is 13.5. The van der Waals surface area contributed by atoms with Gasteiger partial charge in [0.25, 0.3) is 0 Å². The summed E-state index contributed by atoms with van der Waals surface area (Å²) in [5.41, 5.74) is 0.190. The van der Waals surface area contributed by atoms with Crippen LogP contribution < -0.4 is 5.32 Å². The molecule has 2 aromatic carbocycles. The standard InChI is InChI=1S/C21H22FN3O3S/c1-21(2,3)28-20(27)25-9-8-13(11-25)18(26)24-19-23-16-7-4-12-10-14(22)5-6-15(12)17(16)29-19/h4-7,10,13H,8-9,11H2,1-3H3,(H,23,24,26)/t13-/m0/s1. The molecule has 1 aliphatic rings. The van der Waals surface area contributed by atoms with E-state index in [0.717, 1.165) is 21.0 Å². The van der Waals surface area contributed by atoms with Gasteiger partial charge in [0, 0.05) is 18.5 Å². The van der Waals surface area contributed by atoms with E-state index in [9.17, 15) is 14.0 Å². The molecule has 0 saturated carbocycles. The number of nitrogens with zero attached hydrogens (tertiary/aromatic N) is 2. The van der Waals surface area contributed by atoms with E-state index in [1.165, 1.54) is 23.5 Å². The van der Waals surface area contributed by atoms with Gasteiger partial charge in [-0.1, -0.05) is 17.4 Å². The summed E-state index contributed by atoms with van der Waals surface area (Å²) in [7, 11) is 0. The summed E-state index contributed by atoms with van der Waals surface area (Å²) in [5, 5.41) is 5.07. The van der Waals surface area contributed by atoms with Gasteiger partial charge >= 0.3 is 6.09 Å². The van der Waals surface area contributed by atoms with E-state index in [0.29, 0.717) is 24.6 Å². The van der Waals surface area contributed by atoms with E-state index in [1.54, 1.807) is 11.0 Å². The van der Waals surface area contributed by atoms with Gasteiger partial charge < -0.3 is 15.0 Å². The van der Waals surface area contributed by atoms with Gasteiger partial charge in [0.1, 0.15) is 11.4 Å². The first-order valence-corrected chi connectivity index (χ1v) is 10.3. The minimum absolute atomic E-state index is 0.162. The number of hydrogen-bond donors (Lipinski definition) is 1.